The molecule has 0 unspecified atom stereocenters. The number of halogens is 1. The minimum absolute atomic E-state index is 0.0555. The van der Waals surface area contributed by atoms with Crippen molar-refractivity contribution in [3.8, 4) is 11.8 Å². The second kappa shape index (κ2) is 6.99. The van der Waals surface area contributed by atoms with Crippen molar-refractivity contribution in [3.05, 3.63) is 29.6 Å². The maximum absolute atomic E-state index is 13.8. The highest BCUT2D eigenvalue weighted by Crippen LogP contribution is 2.37. The molecule has 0 radical (unpaired) electrons. The van der Waals surface area contributed by atoms with Crippen molar-refractivity contribution >= 4 is 12.6 Å². The van der Waals surface area contributed by atoms with Crippen LogP contribution >= 0.6 is 12.6 Å². The van der Waals surface area contributed by atoms with E-state index in [1.807, 2.05) is 6.07 Å². The van der Waals surface area contributed by atoms with Crippen LogP contribution in [0.3, 0.4) is 0 Å². The Balaban J connectivity index is 2.04. The van der Waals surface area contributed by atoms with Gasteiger partial charge in [0.1, 0.15) is 0 Å². The van der Waals surface area contributed by atoms with Crippen LogP contribution < -0.4 is 4.74 Å². The van der Waals surface area contributed by atoms with Crippen molar-refractivity contribution < 1.29 is 9.13 Å². The first-order valence-electron chi connectivity index (χ1n) is 7.12. The molecule has 0 amide bonds. The summed E-state index contributed by atoms with van der Waals surface area (Å²) in [5.41, 5.74) is 0.369. The van der Waals surface area contributed by atoms with Gasteiger partial charge in [0.05, 0.1) is 18.2 Å². The van der Waals surface area contributed by atoms with E-state index in [4.69, 9.17) is 10.00 Å². The lowest BCUT2D eigenvalue weighted by Gasteiger charge is -2.31. The fraction of sp³-hybridized carbons (Fsp3) is 0.562. The van der Waals surface area contributed by atoms with Crippen molar-refractivity contribution in [2.45, 2.75) is 38.5 Å². The van der Waals surface area contributed by atoms with Gasteiger partial charge >= 0.3 is 0 Å². The minimum atomic E-state index is -0.466. The smallest absolute Gasteiger partial charge is 0.166 e. The van der Waals surface area contributed by atoms with Crippen molar-refractivity contribution in [1.82, 2.24) is 0 Å². The number of rotatable bonds is 4. The van der Waals surface area contributed by atoms with Gasteiger partial charge in [-0.05, 0) is 36.8 Å². The van der Waals surface area contributed by atoms with E-state index in [2.05, 4.69) is 12.6 Å². The number of thiol groups is 1. The molecule has 0 saturated heterocycles. The van der Waals surface area contributed by atoms with Gasteiger partial charge in [0, 0.05) is 5.41 Å². The monoisotopic (exact) mass is 293 g/mol. The highest BCUT2D eigenvalue weighted by Gasteiger charge is 2.30. The number of nitrogens with zero attached hydrogens (tertiary/aromatic N) is 1. The summed E-state index contributed by atoms with van der Waals surface area (Å²) in [6, 6.07) is 6.26. The van der Waals surface area contributed by atoms with Crippen LogP contribution in [0.15, 0.2) is 18.2 Å². The zero-order chi connectivity index (χ0) is 14.4. The van der Waals surface area contributed by atoms with E-state index < -0.39 is 5.82 Å². The molecule has 1 aromatic rings. The van der Waals surface area contributed by atoms with Crippen LogP contribution in [0.1, 0.15) is 44.1 Å². The highest BCUT2D eigenvalue weighted by atomic mass is 32.1. The molecular formula is C16H20FNOS. The summed E-state index contributed by atoms with van der Waals surface area (Å²) in [5.74, 6) is 0.534. The van der Waals surface area contributed by atoms with E-state index in [-0.39, 0.29) is 11.2 Å². The standard InChI is InChI=1S/C16H20FNOS/c17-14-9-13(10-18)5-6-15(14)19-11-16(12-20)7-3-1-2-4-8-16/h5-6,9,20H,1-4,7-8,11-12H2. The predicted molar refractivity (Wildman–Crippen MR) is 80.6 cm³/mol. The molecule has 1 aliphatic carbocycles. The molecule has 1 aliphatic rings. The van der Waals surface area contributed by atoms with Crippen molar-refractivity contribution in [1.29, 1.82) is 5.26 Å². The van der Waals surface area contributed by atoms with E-state index in [0.29, 0.717) is 12.2 Å². The molecule has 0 spiro atoms. The zero-order valence-corrected chi connectivity index (χ0v) is 12.5. The summed E-state index contributed by atoms with van der Waals surface area (Å²) < 4.78 is 19.5. The maximum Gasteiger partial charge on any atom is 0.166 e. The molecule has 1 aromatic carbocycles. The SMILES string of the molecule is N#Cc1ccc(OCC2(CS)CCCCCC2)c(F)c1. The molecule has 4 heteroatoms. The topological polar surface area (TPSA) is 33.0 Å². The highest BCUT2D eigenvalue weighted by molar-refractivity contribution is 7.80. The Morgan fingerprint density at radius 1 is 1.25 bits per heavy atom. The van der Waals surface area contributed by atoms with Crippen LogP contribution in [-0.2, 0) is 0 Å². The van der Waals surface area contributed by atoms with Gasteiger partial charge < -0.3 is 4.74 Å². The van der Waals surface area contributed by atoms with Crippen LogP contribution in [-0.4, -0.2) is 12.4 Å². The lowest BCUT2D eigenvalue weighted by molar-refractivity contribution is 0.144. The molecule has 0 heterocycles. The van der Waals surface area contributed by atoms with Crippen LogP contribution in [0.4, 0.5) is 4.39 Å². The van der Waals surface area contributed by atoms with Crippen LogP contribution in [0.5, 0.6) is 5.75 Å². The summed E-state index contributed by atoms with van der Waals surface area (Å²) in [7, 11) is 0. The van der Waals surface area contributed by atoms with Crippen molar-refractivity contribution in [3.63, 3.8) is 0 Å². The predicted octanol–water partition coefficient (Wildman–Crippen LogP) is 4.35. The van der Waals surface area contributed by atoms with Crippen LogP contribution in [0, 0.1) is 22.6 Å². The molecule has 108 valence electrons. The third-order valence-corrected chi connectivity index (χ3v) is 4.77. The first-order chi connectivity index (χ1) is 9.69. The quantitative estimate of drug-likeness (QED) is 0.661. The number of benzene rings is 1. The molecular weight excluding hydrogens is 273 g/mol. The van der Waals surface area contributed by atoms with Gasteiger partial charge in [-0.15, -0.1) is 0 Å². The average Bonchev–Trinajstić information content (AvgIpc) is 2.72. The normalized spacial score (nSPS) is 18.1. The molecule has 1 saturated carbocycles. The fourth-order valence-corrected chi connectivity index (χ4v) is 3.15. The van der Waals surface area contributed by atoms with E-state index in [1.54, 1.807) is 6.07 Å². The van der Waals surface area contributed by atoms with Crippen molar-refractivity contribution in [2.75, 3.05) is 12.4 Å². The lowest BCUT2D eigenvalue weighted by Crippen LogP contribution is -2.30. The number of ether oxygens (including phenoxy) is 1. The summed E-state index contributed by atoms with van der Waals surface area (Å²) in [6.45, 7) is 0.499. The third-order valence-electron chi connectivity index (χ3n) is 4.09. The van der Waals surface area contributed by atoms with Gasteiger partial charge in [0.25, 0.3) is 0 Å². The third kappa shape index (κ3) is 3.67. The summed E-state index contributed by atoms with van der Waals surface area (Å²) >= 11 is 4.48. The summed E-state index contributed by atoms with van der Waals surface area (Å²) in [5, 5.41) is 8.73. The number of hydrogen-bond donors (Lipinski definition) is 1. The van der Waals surface area contributed by atoms with Gasteiger partial charge in [0.2, 0.25) is 0 Å². The number of hydrogen-bond acceptors (Lipinski definition) is 3. The molecule has 20 heavy (non-hydrogen) atoms. The van der Waals surface area contributed by atoms with E-state index in [9.17, 15) is 4.39 Å². The van der Waals surface area contributed by atoms with Gasteiger partial charge in [-0.25, -0.2) is 4.39 Å². The summed E-state index contributed by atoms with van der Waals surface area (Å²) in [4.78, 5) is 0. The van der Waals surface area contributed by atoms with Gasteiger partial charge in [-0.2, -0.15) is 17.9 Å². The van der Waals surface area contributed by atoms with E-state index in [0.717, 1.165) is 18.6 Å². The first-order valence-corrected chi connectivity index (χ1v) is 7.76. The van der Waals surface area contributed by atoms with Gasteiger partial charge in [-0.1, -0.05) is 25.7 Å². The molecule has 0 N–H and O–H groups in total. The largest absolute Gasteiger partial charge is 0.490 e. The second-order valence-corrected chi connectivity index (χ2v) is 5.93. The minimum Gasteiger partial charge on any atom is -0.490 e. The van der Waals surface area contributed by atoms with Gasteiger partial charge in [-0.3, -0.25) is 0 Å². The Bertz CT molecular complexity index is 490. The van der Waals surface area contributed by atoms with Crippen LogP contribution in [0.25, 0.3) is 0 Å². The molecule has 0 aromatic heterocycles. The summed E-state index contributed by atoms with van der Waals surface area (Å²) in [6.07, 6.45) is 7.10. The molecule has 2 rings (SSSR count). The molecule has 2 nitrogen and oxygen atoms in total. The average molecular weight is 293 g/mol. The van der Waals surface area contributed by atoms with E-state index >= 15 is 0 Å². The molecule has 0 bridgehead atoms. The van der Waals surface area contributed by atoms with E-state index in [1.165, 1.54) is 37.8 Å². The Kier molecular flexibility index (Phi) is 5.31. The lowest BCUT2D eigenvalue weighted by atomic mass is 9.83. The maximum atomic E-state index is 13.8. The second-order valence-electron chi connectivity index (χ2n) is 5.62. The number of nitriles is 1. The van der Waals surface area contributed by atoms with Crippen molar-refractivity contribution in [2.24, 2.45) is 5.41 Å². The zero-order valence-electron chi connectivity index (χ0n) is 11.6. The Hall–Kier alpha value is -1.21. The van der Waals surface area contributed by atoms with Gasteiger partial charge in [0.15, 0.2) is 11.6 Å². The molecule has 0 atom stereocenters. The Morgan fingerprint density at radius 3 is 2.50 bits per heavy atom. The van der Waals surface area contributed by atoms with Crippen LogP contribution in [0.2, 0.25) is 0 Å². The fourth-order valence-electron chi connectivity index (χ4n) is 2.74. The Morgan fingerprint density at radius 2 is 1.95 bits per heavy atom. The Labute approximate surface area is 125 Å². The first kappa shape index (κ1) is 15.2. The molecule has 1 fully saturated rings. The molecule has 0 aliphatic heterocycles.